The first-order valence-electron chi connectivity index (χ1n) is 8.85. The van der Waals surface area contributed by atoms with Crippen molar-refractivity contribution in [3.63, 3.8) is 0 Å². The number of benzene rings is 2. The standard InChI is InChI=1S/C22H19ClN2O2S/c1-3-27-22(26)19-18(15-11-7-8-12-17(15)23)16(13-24)21(28-2)25-20(19)14-9-5-4-6-10-14/h4-12,18-19H,3H2,1-2H3/t18-,19?/m1/s1. The molecule has 0 amide bonds. The van der Waals surface area contributed by atoms with E-state index in [9.17, 15) is 10.1 Å². The van der Waals surface area contributed by atoms with Gasteiger partial charge in [-0.25, -0.2) is 4.99 Å². The van der Waals surface area contributed by atoms with Gasteiger partial charge in [0.1, 0.15) is 10.9 Å². The van der Waals surface area contributed by atoms with E-state index in [1.54, 1.807) is 13.0 Å². The van der Waals surface area contributed by atoms with Crippen LogP contribution in [0.4, 0.5) is 0 Å². The average Bonchev–Trinajstić information content (AvgIpc) is 2.73. The predicted octanol–water partition coefficient (Wildman–Crippen LogP) is 5.20. The van der Waals surface area contributed by atoms with Crippen molar-refractivity contribution < 1.29 is 9.53 Å². The van der Waals surface area contributed by atoms with E-state index in [2.05, 4.69) is 6.07 Å². The van der Waals surface area contributed by atoms with Crippen LogP contribution in [0, 0.1) is 17.2 Å². The van der Waals surface area contributed by atoms with Crippen LogP contribution in [0.3, 0.4) is 0 Å². The molecular weight excluding hydrogens is 392 g/mol. The van der Waals surface area contributed by atoms with Crippen LogP contribution in [-0.4, -0.2) is 24.5 Å². The summed E-state index contributed by atoms with van der Waals surface area (Å²) in [5.41, 5.74) is 2.56. The number of hydrogen-bond donors (Lipinski definition) is 0. The Labute approximate surface area is 173 Å². The molecule has 2 atom stereocenters. The summed E-state index contributed by atoms with van der Waals surface area (Å²) in [5, 5.41) is 11.0. The number of carbonyl (C=O) groups is 1. The minimum absolute atomic E-state index is 0.244. The fourth-order valence-corrected chi connectivity index (χ4v) is 4.20. The van der Waals surface area contributed by atoms with Gasteiger partial charge in [0.15, 0.2) is 0 Å². The second kappa shape index (κ2) is 9.09. The molecule has 1 aliphatic rings. The van der Waals surface area contributed by atoms with Crippen molar-refractivity contribution in [3.05, 3.63) is 81.3 Å². The van der Waals surface area contributed by atoms with Crippen LogP contribution in [-0.2, 0) is 9.53 Å². The number of rotatable bonds is 5. The summed E-state index contributed by atoms with van der Waals surface area (Å²) in [6.07, 6.45) is 1.87. The number of allylic oxidation sites excluding steroid dienone is 1. The fraction of sp³-hybridized carbons (Fsp3) is 0.227. The summed E-state index contributed by atoms with van der Waals surface area (Å²) in [6, 6.07) is 19.1. The van der Waals surface area contributed by atoms with E-state index in [1.807, 2.05) is 54.8 Å². The van der Waals surface area contributed by atoms with Gasteiger partial charge in [-0.3, -0.25) is 4.79 Å². The number of carbonyl (C=O) groups excluding carboxylic acids is 1. The lowest BCUT2D eigenvalue weighted by atomic mass is 9.75. The van der Waals surface area contributed by atoms with Crippen LogP contribution in [0.2, 0.25) is 5.02 Å². The Balaban J connectivity index is 2.29. The Morgan fingerprint density at radius 2 is 1.89 bits per heavy atom. The topological polar surface area (TPSA) is 62.4 Å². The third-order valence-corrected chi connectivity index (χ3v) is 5.60. The highest BCUT2D eigenvalue weighted by molar-refractivity contribution is 8.02. The molecule has 1 unspecified atom stereocenters. The molecule has 0 aromatic heterocycles. The number of nitriles is 1. The molecule has 28 heavy (non-hydrogen) atoms. The molecule has 2 aromatic rings. The molecule has 142 valence electrons. The first-order valence-corrected chi connectivity index (χ1v) is 10.5. The first-order chi connectivity index (χ1) is 13.6. The van der Waals surface area contributed by atoms with E-state index in [-0.39, 0.29) is 6.61 Å². The molecule has 1 aliphatic heterocycles. The van der Waals surface area contributed by atoms with Gasteiger partial charge in [0, 0.05) is 10.9 Å². The van der Waals surface area contributed by atoms with Gasteiger partial charge in [-0.2, -0.15) is 5.26 Å². The van der Waals surface area contributed by atoms with E-state index in [4.69, 9.17) is 21.3 Å². The lowest BCUT2D eigenvalue weighted by Gasteiger charge is -2.31. The Morgan fingerprint density at radius 1 is 1.21 bits per heavy atom. The summed E-state index contributed by atoms with van der Waals surface area (Å²) in [5.74, 6) is -1.73. The van der Waals surface area contributed by atoms with Crippen LogP contribution in [0.5, 0.6) is 0 Å². The number of aliphatic imine (C=N–C) groups is 1. The van der Waals surface area contributed by atoms with Crippen molar-refractivity contribution in [3.8, 4) is 6.07 Å². The Morgan fingerprint density at radius 3 is 2.50 bits per heavy atom. The SMILES string of the molecule is CCOC(=O)C1C(c2ccccc2)=NC(SC)=C(C#N)[C@H]1c1ccccc1Cl. The van der Waals surface area contributed by atoms with Crippen LogP contribution in [0.25, 0.3) is 0 Å². The third kappa shape index (κ3) is 3.84. The predicted molar refractivity (Wildman–Crippen MR) is 113 cm³/mol. The molecule has 3 rings (SSSR count). The van der Waals surface area contributed by atoms with Gasteiger partial charge in [0.2, 0.25) is 0 Å². The van der Waals surface area contributed by atoms with Gasteiger partial charge in [-0.15, -0.1) is 11.8 Å². The average molecular weight is 411 g/mol. The van der Waals surface area contributed by atoms with Gasteiger partial charge >= 0.3 is 5.97 Å². The molecule has 4 nitrogen and oxygen atoms in total. The molecule has 0 saturated carbocycles. The van der Waals surface area contributed by atoms with E-state index in [0.29, 0.717) is 26.9 Å². The molecule has 0 fully saturated rings. The first kappa shape index (κ1) is 20.2. The van der Waals surface area contributed by atoms with Crippen LogP contribution >= 0.6 is 23.4 Å². The van der Waals surface area contributed by atoms with Crippen molar-refractivity contribution in [2.75, 3.05) is 12.9 Å². The third-order valence-electron chi connectivity index (χ3n) is 4.56. The Hall–Kier alpha value is -2.55. The summed E-state index contributed by atoms with van der Waals surface area (Å²) in [6.45, 7) is 2.01. The molecule has 2 aromatic carbocycles. The lowest BCUT2D eigenvalue weighted by Crippen LogP contribution is -2.36. The number of hydrogen-bond acceptors (Lipinski definition) is 5. The van der Waals surface area contributed by atoms with E-state index >= 15 is 0 Å². The zero-order valence-corrected chi connectivity index (χ0v) is 17.1. The number of thioether (sulfide) groups is 1. The molecule has 0 bridgehead atoms. The van der Waals surface area contributed by atoms with Crippen molar-refractivity contribution in [1.29, 1.82) is 5.26 Å². The highest BCUT2D eigenvalue weighted by atomic mass is 35.5. The molecule has 0 N–H and O–H groups in total. The highest BCUT2D eigenvalue weighted by Crippen LogP contribution is 2.44. The maximum Gasteiger partial charge on any atom is 0.316 e. The smallest absolute Gasteiger partial charge is 0.316 e. The van der Waals surface area contributed by atoms with Crippen LogP contribution in [0.1, 0.15) is 24.0 Å². The van der Waals surface area contributed by atoms with Crippen molar-refractivity contribution in [1.82, 2.24) is 0 Å². The molecule has 0 radical (unpaired) electrons. The zero-order chi connectivity index (χ0) is 20.1. The van der Waals surface area contributed by atoms with Crippen LogP contribution in [0.15, 0.2) is 70.2 Å². The van der Waals surface area contributed by atoms with Crippen molar-refractivity contribution in [2.45, 2.75) is 12.8 Å². The van der Waals surface area contributed by atoms with Crippen LogP contribution < -0.4 is 0 Å². The Kier molecular flexibility index (Phi) is 6.56. The molecular formula is C22H19ClN2O2S. The van der Waals surface area contributed by atoms with Crippen molar-refractivity contribution in [2.24, 2.45) is 10.9 Å². The summed E-state index contributed by atoms with van der Waals surface area (Å²) in [4.78, 5) is 17.8. The molecule has 6 heteroatoms. The minimum Gasteiger partial charge on any atom is -0.465 e. The second-order valence-electron chi connectivity index (χ2n) is 6.13. The normalized spacial score (nSPS) is 19.0. The molecule has 0 aliphatic carbocycles. The summed E-state index contributed by atoms with van der Waals surface area (Å²) in [7, 11) is 0. The second-order valence-corrected chi connectivity index (χ2v) is 7.33. The number of esters is 1. The van der Waals surface area contributed by atoms with E-state index in [0.717, 1.165) is 5.56 Å². The minimum atomic E-state index is -0.757. The van der Waals surface area contributed by atoms with Gasteiger partial charge in [-0.1, -0.05) is 60.1 Å². The monoisotopic (exact) mass is 410 g/mol. The molecule has 0 spiro atoms. The number of halogens is 1. The quantitative estimate of drug-likeness (QED) is 0.635. The molecule has 0 saturated heterocycles. The largest absolute Gasteiger partial charge is 0.465 e. The maximum absolute atomic E-state index is 13.0. The van der Waals surface area contributed by atoms with Gasteiger partial charge in [-0.05, 0) is 30.4 Å². The fourth-order valence-electron chi connectivity index (χ4n) is 3.36. The zero-order valence-electron chi connectivity index (χ0n) is 15.6. The van der Waals surface area contributed by atoms with Gasteiger partial charge in [0.05, 0.1) is 24.0 Å². The van der Waals surface area contributed by atoms with E-state index < -0.39 is 17.8 Å². The van der Waals surface area contributed by atoms with E-state index in [1.165, 1.54) is 11.8 Å². The number of ether oxygens (including phenoxy) is 1. The summed E-state index contributed by atoms with van der Waals surface area (Å²) < 4.78 is 5.38. The molecule has 1 heterocycles. The highest BCUT2D eigenvalue weighted by Gasteiger charge is 2.43. The number of nitrogens with zero attached hydrogens (tertiary/aromatic N) is 2. The summed E-state index contributed by atoms with van der Waals surface area (Å²) >= 11 is 7.86. The lowest BCUT2D eigenvalue weighted by molar-refractivity contribution is -0.145. The van der Waals surface area contributed by atoms with Crippen molar-refractivity contribution >= 4 is 35.0 Å². The van der Waals surface area contributed by atoms with Gasteiger partial charge < -0.3 is 4.74 Å². The van der Waals surface area contributed by atoms with Gasteiger partial charge in [0.25, 0.3) is 0 Å². The Bertz CT molecular complexity index is 980. The maximum atomic E-state index is 13.0.